The third kappa shape index (κ3) is 4.45. The Morgan fingerprint density at radius 1 is 1.15 bits per heavy atom. The van der Waals surface area contributed by atoms with Crippen molar-refractivity contribution in [2.75, 3.05) is 5.32 Å². The van der Waals surface area contributed by atoms with Gasteiger partial charge in [-0.05, 0) is 50.6 Å². The molecule has 0 spiro atoms. The number of nitrogens with zero attached hydrogens (tertiary/aromatic N) is 2. The number of fused-ring (bicyclic) bond motifs is 1. The van der Waals surface area contributed by atoms with Gasteiger partial charge in [-0.1, -0.05) is 17.7 Å². The molecule has 0 aliphatic heterocycles. The van der Waals surface area contributed by atoms with Crippen molar-refractivity contribution in [3.05, 3.63) is 86.3 Å². The number of rotatable bonds is 5. The van der Waals surface area contributed by atoms with Crippen LogP contribution < -0.4 is 10.7 Å². The van der Waals surface area contributed by atoms with Gasteiger partial charge in [0.1, 0.15) is 28.0 Å². The predicted octanol–water partition coefficient (Wildman–Crippen LogP) is 4.82. The van der Waals surface area contributed by atoms with E-state index in [4.69, 9.17) is 16.0 Å². The fourth-order valence-electron chi connectivity index (χ4n) is 3.78. The molecule has 0 saturated carbocycles. The molecule has 0 radical (unpaired) electrons. The number of aliphatic hydroxyl groups excluding tert-OH is 1. The van der Waals surface area contributed by atoms with Gasteiger partial charge in [-0.25, -0.2) is 9.37 Å². The molecule has 0 bridgehead atoms. The van der Waals surface area contributed by atoms with Crippen molar-refractivity contribution in [3.63, 3.8) is 0 Å². The van der Waals surface area contributed by atoms with Gasteiger partial charge in [0.25, 0.3) is 0 Å². The standard InChI is InChI=1S/C24H21ClFN3O4/c1-11-6-16(13(3)28-18-4-5-19(25)29-20(18)24(31)32)23-17(7-11)21(30)12(2)22(33-23)14-8-15(26)10-27-9-14/h4-10,13,24,28,31-32H,1-3H3. The summed E-state index contributed by atoms with van der Waals surface area (Å²) in [6, 6.07) is 7.54. The molecule has 0 saturated heterocycles. The summed E-state index contributed by atoms with van der Waals surface area (Å²) in [6.07, 6.45) is 0.677. The molecule has 9 heteroatoms. The van der Waals surface area contributed by atoms with Gasteiger partial charge in [-0.2, -0.15) is 0 Å². The molecule has 0 aliphatic rings. The van der Waals surface area contributed by atoms with Crippen LogP contribution in [0.2, 0.25) is 5.15 Å². The number of aliphatic hydroxyl groups is 2. The SMILES string of the molecule is Cc1cc(C(C)Nc2ccc(Cl)nc2C(O)O)c2oc(-c3cncc(F)c3)c(C)c(=O)c2c1. The lowest BCUT2D eigenvalue weighted by atomic mass is 9.99. The van der Waals surface area contributed by atoms with Crippen molar-refractivity contribution in [1.82, 2.24) is 9.97 Å². The van der Waals surface area contributed by atoms with E-state index in [9.17, 15) is 19.4 Å². The first kappa shape index (κ1) is 22.8. The topological polar surface area (TPSA) is 108 Å². The molecule has 1 aromatic carbocycles. The molecule has 33 heavy (non-hydrogen) atoms. The number of hydrogen-bond acceptors (Lipinski definition) is 7. The smallest absolute Gasteiger partial charge is 0.198 e. The average molecular weight is 470 g/mol. The number of aromatic nitrogens is 2. The monoisotopic (exact) mass is 469 g/mol. The minimum atomic E-state index is -1.83. The minimum Gasteiger partial charge on any atom is -0.455 e. The molecular weight excluding hydrogens is 449 g/mol. The summed E-state index contributed by atoms with van der Waals surface area (Å²) in [6.45, 7) is 5.32. The van der Waals surface area contributed by atoms with Crippen LogP contribution >= 0.6 is 11.6 Å². The molecular formula is C24H21ClFN3O4. The molecule has 1 unspecified atom stereocenters. The van der Waals surface area contributed by atoms with E-state index < -0.39 is 18.1 Å². The highest BCUT2D eigenvalue weighted by Crippen LogP contribution is 2.33. The van der Waals surface area contributed by atoms with Crippen LogP contribution in [0.15, 0.2) is 51.9 Å². The molecule has 3 aromatic heterocycles. The van der Waals surface area contributed by atoms with Gasteiger partial charge in [0.05, 0.1) is 23.3 Å². The summed E-state index contributed by atoms with van der Waals surface area (Å²) in [5.41, 5.74) is 2.63. The number of benzene rings is 1. The summed E-state index contributed by atoms with van der Waals surface area (Å²) in [7, 11) is 0. The van der Waals surface area contributed by atoms with Crippen LogP contribution in [0.3, 0.4) is 0 Å². The maximum Gasteiger partial charge on any atom is 0.198 e. The number of anilines is 1. The van der Waals surface area contributed by atoms with Gasteiger partial charge >= 0.3 is 0 Å². The quantitative estimate of drug-likeness (QED) is 0.284. The Kier molecular flexibility index (Phi) is 6.16. The molecule has 7 nitrogen and oxygen atoms in total. The van der Waals surface area contributed by atoms with Gasteiger partial charge in [0.2, 0.25) is 0 Å². The van der Waals surface area contributed by atoms with Crippen molar-refractivity contribution >= 4 is 28.3 Å². The molecule has 4 aromatic rings. The number of halogens is 2. The highest BCUT2D eigenvalue weighted by molar-refractivity contribution is 6.29. The van der Waals surface area contributed by atoms with Crippen LogP contribution in [0.25, 0.3) is 22.3 Å². The Bertz CT molecular complexity index is 1420. The molecule has 1 atom stereocenters. The minimum absolute atomic E-state index is 0.0323. The van der Waals surface area contributed by atoms with Crippen molar-refractivity contribution in [2.24, 2.45) is 0 Å². The van der Waals surface area contributed by atoms with Gasteiger partial charge in [0.15, 0.2) is 11.7 Å². The molecule has 3 heterocycles. The second-order valence-corrected chi connectivity index (χ2v) is 8.20. The number of pyridine rings is 2. The number of aryl methyl sites for hydroxylation is 1. The average Bonchev–Trinajstić information content (AvgIpc) is 2.77. The molecule has 0 aliphatic carbocycles. The fraction of sp³-hybridized carbons (Fsp3) is 0.208. The van der Waals surface area contributed by atoms with Crippen molar-refractivity contribution in [3.8, 4) is 11.3 Å². The van der Waals surface area contributed by atoms with E-state index >= 15 is 0 Å². The first-order valence-electron chi connectivity index (χ1n) is 10.1. The normalized spacial score (nSPS) is 12.4. The first-order chi connectivity index (χ1) is 15.7. The predicted molar refractivity (Wildman–Crippen MR) is 124 cm³/mol. The summed E-state index contributed by atoms with van der Waals surface area (Å²) < 4.78 is 20.0. The second-order valence-electron chi connectivity index (χ2n) is 7.81. The molecule has 0 amide bonds. The molecule has 170 valence electrons. The molecule has 4 rings (SSSR count). The van der Waals surface area contributed by atoms with Crippen molar-refractivity contribution < 1.29 is 19.0 Å². The molecule has 3 N–H and O–H groups in total. The van der Waals surface area contributed by atoms with Crippen LogP contribution in [0.4, 0.5) is 10.1 Å². The van der Waals surface area contributed by atoms with Crippen LogP contribution in [-0.4, -0.2) is 20.2 Å². The highest BCUT2D eigenvalue weighted by Gasteiger charge is 2.21. The number of nitrogens with one attached hydrogen (secondary N) is 1. The van der Waals surface area contributed by atoms with Crippen LogP contribution in [0.1, 0.15) is 41.6 Å². The Labute approximate surface area is 193 Å². The third-order valence-electron chi connectivity index (χ3n) is 5.33. The maximum atomic E-state index is 13.8. The van der Waals surface area contributed by atoms with E-state index in [2.05, 4.69) is 15.3 Å². The van der Waals surface area contributed by atoms with E-state index in [1.54, 1.807) is 19.1 Å². The van der Waals surface area contributed by atoms with Gasteiger partial charge < -0.3 is 19.9 Å². The lowest BCUT2D eigenvalue weighted by molar-refractivity contribution is -0.0452. The van der Waals surface area contributed by atoms with Crippen LogP contribution in [0.5, 0.6) is 0 Å². The summed E-state index contributed by atoms with van der Waals surface area (Å²) >= 11 is 5.89. The summed E-state index contributed by atoms with van der Waals surface area (Å²) in [4.78, 5) is 21.0. The van der Waals surface area contributed by atoms with E-state index in [0.29, 0.717) is 33.3 Å². The van der Waals surface area contributed by atoms with Crippen LogP contribution in [0, 0.1) is 19.7 Å². The lowest BCUT2D eigenvalue weighted by Gasteiger charge is -2.20. The van der Waals surface area contributed by atoms with E-state index in [1.165, 1.54) is 18.3 Å². The third-order valence-corrected chi connectivity index (χ3v) is 5.54. The van der Waals surface area contributed by atoms with Gasteiger partial charge in [-0.15, -0.1) is 0 Å². The zero-order chi connectivity index (χ0) is 23.9. The number of hydrogen-bond donors (Lipinski definition) is 3. The largest absolute Gasteiger partial charge is 0.455 e. The highest BCUT2D eigenvalue weighted by atomic mass is 35.5. The fourth-order valence-corrected chi connectivity index (χ4v) is 3.93. The Hall–Kier alpha value is -3.33. The van der Waals surface area contributed by atoms with Crippen molar-refractivity contribution in [1.29, 1.82) is 0 Å². The van der Waals surface area contributed by atoms with Gasteiger partial charge in [-0.3, -0.25) is 9.78 Å². The zero-order valence-electron chi connectivity index (χ0n) is 18.1. The van der Waals surface area contributed by atoms with E-state index in [-0.39, 0.29) is 22.0 Å². The summed E-state index contributed by atoms with van der Waals surface area (Å²) in [5, 5.41) is 23.0. The second kappa shape index (κ2) is 8.90. The first-order valence-corrected chi connectivity index (χ1v) is 10.5. The Balaban J connectivity index is 1.88. The molecule has 0 fully saturated rings. The Morgan fingerprint density at radius 3 is 2.61 bits per heavy atom. The van der Waals surface area contributed by atoms with Crippen molar-refractivity contribution in [2.45, 2.75) is 33.1 Å². The van der Waals surface area contributed by atoms with E-state index in [0.717, 1.165) is 11.8 Å². The summed E-state index contributed by atoms with van der Waals surface area (Å²) in [5.74, 6) is -0.310. The lowest BCUT2D eigenvalue weighted by Crippen LogP contribution is -2.14. The van der Waals surface area contributed by atoms with Gasteiger partial charge in [0, 0.05) is 22.9 Å². The Morgan fingerprint density at radius 2 is 1.91 bits per heavy atom. The zero-order valence-corrected chi connectivity index (χ0v) is 18.8. The maximum absolute atomic E-state index is 13.8. The van der Waals surface area contributed by atoms with Crippen LogP contribution in [-0.2, 0) is 0 Å². The van der Waals surface area contributed by atoms with E-state index in [1.807, 2.05) is 19.9 Å².